The molecule has 0 aromatic carbocycles. The summed E-state index contributed by atoms with van der Waals surface area (Å²) in [5.41, 5.74) is 0.571. The van der Waals surface area contributed by atoms with Crippen LogP contribution in [0.4, 0.5) is 0 Å². The summed E-state index contributed by atoms with van der Waals surface area (Å²) in [6, 6.07) is 5.19. The Hall–Kier alpha value is -2.70. The van der Waals surface area contributed by atoms with Gasteiger partial charge in [0, 0.05) is 50.5 Å². The van der Waals surface area contributed by atoms with Crippen LogP contribution in [0, 0.1) is 6.92 Å². The third kappa shape index (κ3) is 3.79. The number of carbonyl (C=O) groups excluding carboxylic acids is 1. The Labute approximate surface area is 140 Å². The predicted molar refractivity (Wildman–Crippen MR) is 87.1 cm³/mol. The van der Waals surface area contributed by atoms with E-state index in [4.69, 9.17) is 9.47 Å². The normalized spacial score (nSPS) is 15.2. The first-order chi connectivity index (χ1) is 11.7. The summed E-state index contributed by atoms with van der Waals surface area (Å²) in [5.74, 6) is 1.76. The van der Waals surface area contributed by atoms with Crippen molar-refractivity contribution in [1.29, 1.82) is 0 Å². The monoisotopic (exact) mass is 328 g/mol. The molecule has 0 N–H and O–H groups in total. The van der Waals surface area contributed by atoms with Crippen LogP contribution in [-0.4, -0.2) is 52.1 Å². The maximum absolute atomic E-state index is 12.5. The van der Waals surface area contributed by atoms with Crippen molar-refractivity contribution in [3.63, 3.8) is 0 Å². The lowest BCUT2D eigenvalue weighted by atomic mass is 10.1. The van der Waals surface area contributed by atoms with Crippen LogP contribution in [0.5, 0.6) is 11.8 Å². The standard InChI is InChI=1S/C17H20N4O3/c1-12-18-8-5-16(20-12)24-14-6-9-21(10-7-14)17(22)13-3-4-15(23-2)19-11-13/h3-5,8,11,14H,6-7,9-10H2,1-2H3. The first kappa shape index (κ1) is 16.2. The van der Waals surface area contributed by atoms with Gasteiger partial charge in [0.25, 0.3) is 5.91 Å². The zero-order chi connectivity index (χ0) is 16.9. The smallest absolute Gasteiger partial charge is 0.255 e. The van der Waals surface area contributed by atoms with Crippen LogP contribution >= 0.6 is 0 Å². The Kier molecular flexibility index (Phi) is 4.88. The number of methoxy groups -OCH3 is 1. The van der Waals surface area contributed by atoms with Gasteiger partial charge in [0.2, 0.25) is 11.8 Å². The molecule has 1 aliphatic heterocycles. The Bertz CT molecular complexity index is 697. The Morgan fingerprint density at radius 2 is 1.96 bits per heavy atom. The van der Waals surface area contributed by atoms with Crippen molar-refractivity contribution in [2.75, 3.05) is 20.2 Å². The molecule has 1 amide bonds. The minimum Gasteiger partial charge on any atom is -0.481 e. The quantitative estimate of drug-likeness (QED) is 0.853. The Morgan fingerprint density at radius 3 is 2.58 bits per heavy atom. The topological polar surface area (TPSA) is 77.4 Å². The largest absolute Gasteiger partial charge is 0.481 e. The van der Waals surface area contributed by atoms with E-state index in [0.29, 0.717) is 36.2 Å². The van der Waals surface area contributed by atoms with Crippen LogP contribution in [0.3, 0.4) is 0 Å². The molecule has 3 heterocycles. The number of aromatic nitrogens is 3. The van der Waals surface area contributed by atoms with Crippen LogP contribution < -0.4 is 9.47 Å². The van der Waals surface area contributed by atoms with Gasteiger partial charge in [0.1, 0.15) is 11.9 Å². The van der Waals surface area contributed by atoms with Crippen LogP contribution in [0.1, 0.15) is 29.0 Å². The number of rotatable bonds is 4. The molecule has 0 radical (unpaired) electrons. The highest BCUT2D eigenvalue weighted by molar-refractivity contribution is 5.94. The lowest BCUT2D eigenvalue weighted by Gasteiger charge is -2.32. The molecule has 0 saturated carbocycles. The molecule has 0 bridgehead atoms. The van der Waals surface area contributed by atoms with Gasteiger partial charge in [-0.3, -0.25) is 4.79 Å². The zero-order valence-corrected chi connectivity index (χ0v) is 13.8. The molecule has 24 heavy (non-hydrogen) atoms. The van der Waals surface area contributed by atoms with Crippen molar-refractivity contribution in [2.45, 2.75) is 25.9 Å². The molecular formula is C17H20N4O3. The van der Waals surface area contributed by atoms with Gasteiger partial charge >= 0.3 is 0 Å². The summed E-state index contributed by atoms with van der Waals surface area (Å²) in [6.45, 7) is 3.14. The van der Waals surface area contributed by atoms with Crippen molar-refractivity contribution in [3.05, 3.63) is 42.0 Å². The fourth-order valence-electron chi connectivity index (χ4n) is 2.66. The number of amides is 1. The van der Waals surface area contributed by atoms with E-state index >= 15 is 0 Å². The number of aryl methyl sites for hydroxylation is 1. The van der Waals surface area contributed by atoms with Gasteiger partial charge in [-0.05, 0) is 13.0 Å². The summed E-state index contributed by atoms with van der Waals surface area (Å²) >= 11 is 0. The highest BCUT2D eigenvalue weighted by Gasteiger charge is 2.25. The van der Waals surface area contributed by atoms with E-state index in [-0.39, 0.29) is 12.0 Å². The van der Waals surface area contributed by atoms with Gasteiger partial charge in [-0.25, -0.2) is 9.97 Å². The first-order valence-electron chi connectivity index (χ1n) is 7.91. The third-order valence-corrected chi connectivity index (χ3v) is 3.96. The van der Waals surface area contributed by atoms with E-state index in [1.165, 1.54) is 0 Å². The van der Waals surface area contributed by atoms with Crippen molar-refractivity contribution in [1.82, 2.24) is 19.9 Å². The molecular weight excluding hydrogens is 308 g/mol. The number of ether oxygens (including phenoxy) is 2. The number of likely N-dealkylation sites (tertiary alicyclic amines) is 1. The van der Waals surface area contributed by atoms with Gasteiger partial charge in [-0.15, -0.1) is 0 Å². The maximum Gasteiger partial charge on any atom is 0.255 e. The molecule has 2 aromatic heterocycles. The van der Waals surface area contributed by atoms with E-state index in [0.717, 1.165) is 12.8 Å². The lowest BCUT2D eigenvalue weighted by Crippen LogP contribution is -2.41. The average Bonchev–Trinajstić information content (AvgIpc) is 2.62. The predicted octanol–water partition coefficient (Wildman–Crippen LogP) is 1.87. The average molecular weight is 328 g/mol. The minimum atomic E-state index is -0.0125. The van der Waals surface area contributed by atoms with E-state index < -0.39 is 0 Å². The number of hydrogen-bond acceptors (Lipinski definition) is 6. The van der Waals surface area contributed by atoms with Gasteiger partial charge in [-0.1, -0.05) is 0 Å². The maximum atomic E-state index is 12.5. The summed E-state index contributed by atoms with van der Waals surface area (Å²) in [5, 5.41) is 0. The summed E-state index contributed by atoms with van der Waals surface area (Å²) in [6.07, 6.45) is 4.86. The van der Waals surface area contributed by atoms with E-state index in [9.17, 15) is 4.79 Å². The third-order valence-electron chi connectivity index (χ3n) is 3.96. The first-order valence-corrected chi connectivity index (χ1v) is 7.91. The molecule has 0 unspecified atom stereocenters. The summed E-state index contributed by atoms with van der Waals surface area (Å²) in [7, 11) is 1.55. The molecule has 0 spiro atoms. The van der Waals surface area contributed by atoms with Gasteiger partial charge in [-0.2, -0.15) is 4.98 Å². The fraction of sp³-hybridized carbons (Fsp3) is 0.412. The van der Waals surface area contributed by atoms with Crippen LogP contribution in [0.15, 0.2) is 30.6 Å². The molecule has 1 saturated heterocycles. The van der Waals surface area contributed by atoms with Crippen molar-refractivity contribution in [3.8, 4) is 11.8 Å². The second-order valence-electron chi connectivity index (χ2n) is 5.64. The summed E-state index contributed by atoms with van der Waals surface area (Å²) in [4.78, 5) is 26.7. The number of piperidine rings is 1. The van der Waals surface area contributed by atoms with Gasteiger partial charge in [0.05, 0.1) is 12.7 Å². The second kappa shape index (κ2) is 7.25. The van der Waals surface area contributed by atoms with Crippen LogP contribution in [-0.2, 0) is 0 Å². The molecule has 0 atom stereocenters. The zero-order valence-electron chi connectivity index (χ0n) is 13.8. The molecule has 0 aliphatic carbocycles. The van der Waals surface area contributed by atoms with Crippen molar-refractivity contribution in [2.24, 2.45) is 0 Å². The van der Waals surface area contributed by atoms with Gasteiger partial charge < -0.3 is 14.4 Å². The molecule has 1 fully saturated rings. The molecule has 2 aromatic rings. The lowest BCUT2D eigenvalue weighted by molar-refractivity contribution is 0.0587. The Balaban J connectivity index is 1.55. The van der Waals surface area contributed by atoms with Crippen LogP contribution in [0.2, 0.25) is 0 Å². The molecule has 3 rings (SSSR count). The second-order valence-corrected chi connectivity index (χ2v) is 5.64. The molecule has 7 nitrogen and oxygen atoms in total. The molecule has 1 aliphatic rings. The van der Waals surface area contributed by atoms with Crippen molar-refractivity contribution < 1.29 is 14.3 Å². The highest BCUT2D eigenvalue weighted by atomic mass is 16.5. The van der Waals surface area contributed by atoms with Crippen molar-refractivity contribution >= 4 is 5.91 Å². The SMILES string of the molecule is COc1ccc(C(=O)N2CCC(Oc3ccnc(C)n3)CC2)cn1. The minimum absolute atomic E-state index is 0.0125. The number of pyridine rings is 1. The number of carbonyl (C=O) groups is 1. The summed E-state index contributed by atoms with van der Waals surface area (Å²) < 4.78 is 10.9. The number of nitrogens with zero attached hydrogens (tertiary/aromatic N) is 4. The highest BCUT2D eigenvalue weighted by Crippen LogP contribution is 2.19. The fourth-order valence-corrected chi connectivity index (χ4v) is 2.66. The van der Waals surface area contributed by atoms with E-state index in [1.54, 1.807) is 37.7 Å². The van der Waals surface area contributed by atoms with E-state index in [1.807, 2.05) is 11.8 Å². The molecule has 126 valence electrons. The number of hydrogen-bond donors (Lipinski definition) is 0. The van der Waals surface area contributed by atoms with Gasteiger partial charge in [0.15, 0.2) is 0 Å². The molecule has 7 heteroatoms. The Morgan fingerprint density at radius 1 is 1.17 bits per heavy atom. The van der Waals surface area contributed by atoms with Crippen LogP contribution in [0.25, 0.3) is 0 Å². The van der Waals surface area contributed by atoms with E-state index in [2.05, 4.69) is 15.0 Å².